The van der Waals surface area contributed by atoms with Crippen LogP contribution < -0.4 is 10.5 Å². The third-order valence-corrected chi connectivity index (χ3v) is 1.92. The van der Waals surface area contributed by atoms with Crippen LogP contribution in [0.2, 0.25) is 0 Å². The third kappa shape index (κ3) is 2.35. The molecule has 0 saturated carbocycles. The quantitative estimate of drug-likeness (QED) is 0.823. The van der Waals surface area contributed by atoms with E-state index in [1.807, 2.05) is 24.3 Å². The summed E-state index contributed by atoms with van der Waals surface area (Å²) in [5, 5.41) is 0. The van der Waals surface area contributed by atoms with Crippen LogP contribution in [0.4, 0.5) is 0 Å². The van der Waals surface area contributed by atoms with Crippen LogP contribution in [-0.4, -0.2) is 18.1 Å². The molecular formula is C11H12N2O2. The Morgan fingerprint density at radius 1 is 1.27 bits per heavy atom. The van der Waals surface area contributed by atoms with Crippen LogP contribution in [0.25, 0.3) is 11.5 Å². The van der Waals surface area contributed by atoms with Crippen molar-refractivity contribution < 1.29 is 9.15 Å². The van der Waals surface area contributed by atoms with E-state index < -0.39 is 0 Å². The lowest BCUT2D eigenvalue weighted by atomic mass is 10.2. The lowest BCUT2D eigenvalue weighted by Gasteiger charge is -2.04. The van der Waals surface area contributed by atoms with Crippen molar-refractivity contribution in [1.82, 2.24) is 4.98 Å². The maximum Gasteiger partial charge on any atom is 0.225 e. The van der Waals surface area contributed by atoms with Crippen molar-refractivity contribution in [3.05, 3.63) is 36.7 Å². The predicted octanol–water partition coefficient (Wildman–Crippen LogP) is 1.68. The fourth-order valence-electron chi connectivity index (χ4n) is 1.24. The lowest BCUT2D eigenvalue weighted by molar-refractivity contribution is 0.328. The van der Waals surface area contributed by atoms with Gasteiger partial charge in [0.25, 0.3) is 0 Å². The van der Waals surface area contributed by atoms with E-state index >= 15 is 0 Å². The van der Waals surface area contributed by atoms with E-state index in [1.54, 1.807) is 12.5 Å². The molecule has 2 aromatic rings. The molecule has 0 amide bonds. The number of hydrogen-bond acceptors (Lipinski definition) is 4. The van der Waals surface area contributed by atoms with Crippen molar-refractivity contribution in [3.8, 4) is 17.2 Å². The number of oxazole rings is 1. The van der Waals surface area contributed by atoms with E-state index in [4.69, 9.17) is 14.9 Å². The lowest BCUT2D eigenvalue weighted by Crippen LogP contribution is -2.10. The number of aromatic nitrogens is 1. The molecule has 0 aliphatic heterocycles. The third-order valence-electron chi connectivity index (χ3n) is 1.92. The number of ether oxygens (including phenoxy) is 1. The highest BCUT2D eigenvalue weighted by molar-refractivity contribution is 5.54. The molecule has 0 fully saturated rings. The monoisotopic (exact) mass is 204 g/mol. The van der Waals surface area contributed by atoms with Gasteiger partial charge in [-0.05, 0) is 24.3 Å². The van der Waals surface area contributed by atoms with Crippen LogP contribution in [-0.2, 0) is 0 Å². The Hall–Kier alpha value is -1.81. The first-order valence-electron chi connectivity index (χ1n) is 4.73. The second-order valence-electron chi connectivity index (χ2n) is 3.00. The predicted molar refractivity (Wildman–Crippen MR) is 56.5 cm³/mol. The first kappa shape index (κ1) is 9.73. The Bertz CT molecular complexity index is 395. The van der Waals surface area contributed by atoms with Gasteiger partial charge in [-0.1, -0.05) is 0 Å². The molecule has 1 aromatic heterocycles. The van der Waals surface area contributed by atoms with Crippen molar-refractivity contribution in [1.29, 1.82) is 0 Å². The zero-order chi connectivity index (χ0) is 10.5. The minimum atomic E-state index is 0.515. The Kier molecular flexibility index (Phi) is 2.99. The largest absolute Gasteiger partial charge is 0.492 e. The summed E-state index contributed by atoms with van der Waals surface area (Å²) in [7, 11) is 0. The summed E-state index contributed by atoms with van der Waals surface area (Å²) in [5.41, 5.74) is 6.26. The molecule has 0 spiro atoms. The molecule has 0 bridgehead atoms. The molecule has 1 aromatic carbocycles. The Morgan fingerprint density at radius 3 is 2.67 bits per heavy atom. The highest BCUT2D eigenvalue weighted by Crippen LogP contribution is 2.20. The fourth-order valence-corrected chi connectivity index (χ4v) is 1.24. The topological polar surface area (TPSA) is 61.3 Å². The minimum absolute atomic E-state index is 0.515. The van der Waals surface area contributed by atoms with E-state index in [9.17, 15) is 0 Å². The number of nitrogens with zero attached hydrogens (tertiary/aromatic N) is 1. The summed E-state index contributed by atoms with van der Waals surface area (Å²) >= 11 is 0. The SMILES string of the molecule is NCCOc1ccc(-c2ncco2)cc1. The van der Waals surface area contributed by atoms with Crippen molar-refractivity contribution in [2.24, 2.45) is 5.73 Å². The van der Waals surface area contributed by atoms with Crippen molar-refractivity contribution in [3.63, 3.8) is 0 Å². The molecule has 0 unspecified atom stereocenters. The minimum Gasteiger partial charge on any atom is -0.492 e. The summed E-state index contributed by atoms with van der Waals surface area (Å²) in [6.45, 7) is 1.04. The normalized spacial score (nSPS) is 10.2. The standard InChI is InChI=1S/C11H12N2O2/c12-5-7-14-10-3-1-9(2-4-10)11-13-6-8-15-11/h1-4,6,8H,5,7,12H2. The highest BCUT2D eigenvalue weighted by atomic mass is 16.5. The zero-order valence-electron chi connectivity index (χ0n) is 8.22. The molecule has 2 rings (SSSR count). The van der Waals surface area contributed by atoms with Gasteiger partial charge in [0.15, 0.2) is 0 Å². The smallest absolute Gasteiger partial charge is 0.225 e. The van der Waals surface area contributed by atoms with Gasteiger partial charge in [0, 0.05) is 12.1 Å². The van der Waals surface area contributed by atoms with Crippen LogP contribution in [0.1, 0.15) is 0 Å². The molecule has 0 aliphatic rings. The fraction of sp³-hybridized carbons (Fsp3) is 0.182. The van der Waals surface area contributed by atoms with Crippen LogP contribution in [0.3, 0.4) is 0 Å². The summed E-state index contributed by atoms with van der Waals surface area (Å²) in [6, 6.07) is 7.54. The zero-order valence-corrected chi connectivity index (χ0v) is 8.22. The average Bonchev–Trinajstić information content (AvgIpc) is 2.80. The maximum absolute atomic E-state index is 5.35. The van der Waals surface area contributed by atoms with Gasteiger partial charge in [-0.25, -0.2) is 4.98 Å². The van der Waals surface area contributed by atoms with Crippen molar-refractivity contribution in [2.45, 2.75) is 0 Å². The summed E-state index contributed by atoms with van der Waals surface area (Å²) < 4.78 is 10.5. The second kappa shape index (κ2) is 4.61. The van der Waals surface area contributed by atoms with Crippen LogP contribution in [0.15, 0.2) is 41.1 Å². The van der Waals surface area contributed by atoms with E-state index in [0.29, 0.717) is 19.0 Å². The molecule has 0 radical (unpaired) electrons. The number of hydrogen-bond donors (Lipinski definition) is 1. The molecule has 78 valence electrons. The van der Waals surface area contributed by atoms with Gasteiger partial charge in [-0.3, -0.25) is 0 Å². The van der Waals surface area contributed by atoms with Crippen LogP contribution >= 0.6 is 0 Å². The van der Waals surface area contributed by atoms with Gasteiger partial charge in [0.2, 0.25) is 5.89 Å². The molecule has 0 atom stereocenters. The average molecular weight is 204 g/mol. The molecule has 4 heteroatoms. The first-order chi connectivity index (χ1) is 7.40. The highest BCUT2D eigenvalue weighted by Gasteiger charge is 2.01. The molecule has 0 aliphatic carbocycles. The number of nitrogens with two attached hydrogens (primary N) is 1. The van der Waals surface area contributed by atoms with E-state index in [0.717, 1.165) is 11.3 Å². The Labute approximate surface area is 87.7 Å². The first-order valence-corrected chi connectivity index (χ1v) is 4.73. The molecule has 15 heavy (non-hydrogen) atoms. The van der Waals surface area contributed by atoms with Crippen LogP contribution in [0.5, 0.6) is 5.75 Å². The number of benzene rings is 1. The van der Waals surface area contributed by atoms with Crippen molar-refractivity contribution >= 4 is 0 Å². The second-order valence-corrected chi connectivity index (χ2v) is 3.00. The van der Waals surface area contributed by atoms with Crippen molar-refractivity contribution in [2.75, 3.05) is 13.2 Å². The molecule has 2 N–H and O–H groups in total. The maximum atomic E-state index is 5.35. The van der Waals surface area contributed by atoms with Gasteiger partial charge in [-0.15, -0.1) is 0 Å². The van der Waals surface area contributed by atoms with Gasteiger partial charge in [0.1, 0.15) is 18.6 Å². The van der Waals surface area contributed by atoms with Crippen LogP contribution in [0, 0.1) is 0 Å². The van der Waals surface area contributed by atoms with E-state index in [-0.39, 0.29) is 0 Å². The van der Waals surface area contributed by atoms with Gasteiger partial charge < -0.3 is 14.9 Å². The molecule has 1 heterocycles. The molecule has 0 saturated heterocycles. The number of rotatable bonds is 4. The van der Waals surface area contributed by atoms with Gasteiger partial charge in [0.05, 0.1) is 6.20 Å². The molecule has 4 nitrogen and oxygen atoms in total. The summed E-state index contributed by atoms with van der Waals surface area (Å²) in [4.78, 5) is 4.05. The summed E-state index contributed by atoms with van der Waals surface area (Å²) in [6.07, 6.45) is 3.17. The van der Waals surface area contributed by atoms with Gasteiger partial charge in [-0.2, -0.15) is 0 Å². The Morgan fingerprint density at radius 2 is 2.07 bits per heavy atom. The summed E-state index contributed by atoms with van der Waals surface area (Å²) in [5.74, 6) is 1.41. The molecular weight excluding hydrogens is 192 g/mol. The van der Waals surface area contributed by atoms with Gasteiger partial charge >= 0.3 is 0 Å². The Balaban J connectivity index is 2.11. The van der Waals surface area contributed by atoms with E-state index in [1.165, 1.54) is 0 Å². The van der Waals surface area contributed by atoms with E-state index in [2.05, 4.69) is 4.98 Å².